The molecule has 0 amide bonds. The first-order chi connectivity index (χ1) is 14.9. The molecular formula is C23H28F3N3O2. The van der Waals surface area contributed by atoms with Gasteiger partial charge in [-0.15, -0.1) is 0 Å². The minimum atomic E-state index is -4.58. The molecule has 1 aromatic carbocycles. The van der Waals surface area contributed by atoms with Crippen molar-refractivity contribution in [2.75, 3.05) is 11.9 Å². The van der Waals surface area contributed by atoms with E-state index in [2.05, 4.69) is 9.97 Å². The minimum Gasteiger partial charge on any atom is -0.490 e. The van der Waals surface area contributed by atoms with Crippen molar-refractivity contribution in [3.63, 3.8) is 0 Å². The van der Waals surface area contributed by atoms with E-state index in [1.807, 2.05) is 6.07 Å². The lowest BCUT2D eigenvalue weighted by Gasteiger charge is -2.25. The van der Waals surface area contributed by atoms with Crippen molar-refractivity contribution in [3.8, 4) is 11.8 Å². The van der Waals surface area contributed by atoms with Crippen LogP contribution in [-0.4, -0.2) is 29.2 Å². The van der Waals surface area contributed by atoms with Gasteiger partial charge in [0.05, 0.1) is 6.10 Å². The number of alkyl halides is 3. The predicted octanol–water partition coefficient (Wildman–Crippen LogP) is 6.30. The smallest absolute Gasteiger partial charge is 0.421 e. The van der Waals surface area contributed by atoms with Gasteiger partial charge < -0.3 is 14.4 Å². The van der Waals surface area contributed by atoms with Crippen molar-refractivity contribution < 1.29 is 22.6 Å². The maximum atomic E-state index is 13.7. The van der Waals surface area contributed by atoms with Crippen LogP contribution in [0.2, 0.25) is 0 Å². The van der Waals surface area contributed by atoms with Crippen molar-refractivity contribution in [3.05, 3.63) is 36.0 Å². The van der Waals surface area contributed by atoms with Gasteiger partial charge >= 0.3 is 12.2 Å². The van der Waals surface area contributed by atoms with Gasteiger partial charge in [-0.05, 0) is 63.5 Å². The Morgan fingerprint density at radius 3 is 2.26 bits per heavy atom. The number of nitrogens with zero attached hydrogens (tertiary/aromatic N) is 3. The molecule has 1 heterocycles. The van der Waals surface area contributed by atoms with E-state index in [0.717, 1.165) is 57.6 Å². The first-order valence-electron chi connectivity index (χ1n) is 11.0. The van der Waals surface area contributed by atoms with Crippen LogP contribution in [0.4, 0.5) is 24.7 Å². The molecule has 2 aromatic rings. The second kappa shape index (κ2) is 9.32. The van der Waals surface area contributed by atoms with Gasteiger partial charge in [0, 0.05) is 25.0 Å². The summed E-state index contributed by atoms with van der Waals surface area (Å²) in [5.74, 6) is 0.423. The average molecular weight is 435 g/mol. The normalized spacial score (nSPS) is 18.2. The molecule has 0 N–H and O–H groups in total. The van der Waals surface area contributed by atoms with Crippen molar-refractivity contribution in [2.45, 2.75) is 76.2 Å². The van der Waals surface area contributed by atoms with E-state index in [4.69, 9.17) is 9.47 Å². The number of hydrogen-bond donors (Lipinski definition) is 0. The largest absolute Gasteiger partial charge is 0.490 e. The van der Waals surface area contributed by atoms with Crippen molar-refractivity contribution in [2.24, 2.45) is 0 Å². The average Bonchev–Trinajstić information content (AvgIpc) is 3.26. The number of rotatable bonds is 6. The van der Waals surface area contributed by atoms with Crippen molar-refractivity contribution in [1.82, 2.24) is 9.97 Å². The molecule has 2 saturated carbocycles. The summed E-state index contributed by atoms with van der Waals surface area (Å²) in [7, 11) is 1.57. The molecule has 2 fully saturated rings. The third-order valence-electron chi connectivity index (χ3n) is 6.00. The van der Waals surface area contributed by atoms with Crippen molar-refractivity contribution in [1.29, 1.82) is 0 Å². The summed E-state index contributed by atoms with van der Waals surface area (Å²) in [5, 5.41) is 0. The molecule has 0 atom stereocenters. The molecule has 168 valence electrons. The first kappa shape index (κ1) is 21.7. The highest BCUT2D eigenvalue weighted by molar-refractivity contribution is 5.64. The van der Waals surface area contributed by atoms with Gasteiger partial charge in [-0.3, -0.25) is 0 Å². The van der Waals surface area contributed by atoms with Crippen LogP contribution >= 0.6 is 0 Å². The second-order valence-corrected chi connectivity index (χ2v) is 8.35. The number of hydrogen-bond acceptors (Lipinski definition) is 5. The zero-order valence-corrected chi connectivity index (χ0v) is 17.7. The molecule has 5 nitrogen and oxygen atoms in total. The number of ether oxygens (including phenoxy) is 2. The van der Waals surface area contributed by atoms with E-state index in [0.29, 0.717) is 11.4 Å². The van der Waals surface area contributed by atoms with E-state index in [-0.39, 0.29) is 24.0 Å². The second-order valence-electron chi connectivity index (χ2n) is 8.35. The Morgan fingerprint density at radius 1 is 0.935 bits per heavy atom. The maximum Gasteiger partial charge on any atom is 0.421 e. The molecule has 0 aliphatic heterocycles. The molecule has 0 bridgehead atoms. The number of aromatic nitrogens is 2. The third kappa shape index (κ3) is 5.40. The Labute approximate surface area is 180 Å². The summed E-state index contributed by atoms with van der Waals surface area (Å²) in [6.07, 6.45) is 5.71. The Morgan fingerprint density at radius 2 is 1.58 bits per heavy atom. The van der Waals surface area contributed by atoms with Crippen LogP contribution in [0.25, 0.3) is 0 Å². The molecule has 2 aliphatic carbocycles. The first-order valence-corrected chi connectivity index (χ1v) is 11.0. The zero-order chi connectivity index (χ0) is 21.8. The summed E-state index contributed by atoms with van der Waals surface area (Å²) < 4.78 is 52.9. The van der Waals surface area contributed by atoms with Crippen LogP contribution in [0, 0.1) is 0 Å². The standard InChI is InChI=1S/C23H28F3N3O2/c1-29(16-8-7-13-19(14-16)30-17-9-3-2-4-10-17)21-20(23(24,25)26)15-27-22(28-21)31-18-11-5-6-12-18/h7-8,13-15,17-18H,2-6,9-12H2,1H3. The fraction of sp³-hybridized carbons (Fsp3) is 0.565. The maximum absolute atomic E-state index is 13.7. The van der Waals surface area contributed by atoms with Gasteiger partial charge in [0.1, 0.15) is 17.4 Å². The molecule has 31 heavy (non-hydrogen) atoms. The molecule has 0 saturated heterocycles. The summed E-state index contributed by atoms with van der Waals surface area (Å²) in [5.41, 5.74) is -0.336. The molecular weight excluding hydrogens is 407 g/mol. The quantitative estimate of drug-likeness (QED) is 0.533. The summed E-state index contributed by atoms with van der Waals surface area (Å²) in [6, 6.07) is 7.11. The summed E-state index contributed by atoms with van der Waals surface area (Å²) in [6.45, 7) is 0. The highest BCUT2D eigenvalue weighted by Crippen LogP contribution is 2.39. The predicted molar refractivity (Wildman–Crippen MR) is 112 cm³/mol. The Hall–Kier alpha value is -2.51. The molecule has 0 spiro atoms. The van der Waals surface area contributed by atoms with Gasteiger partial charge in [0.25, 0.3) is 0 Å². The van der Waals surface area contributed by atoms with Crippen molar-refractivity contribution >= 4 is 11.5 Å². The van der Waals surface area contributed by atoms with Crippen LogP contribution in [0.5, 0.6) is 11.8 Å². The lowest BCUT2D eigenvalue weighted by Crippen LogP contribution is -2.21. The third-order valence-corrected chi connectivity index (χ3v) is 6.00. The van der Waals surface area contributed by atoms with Gasteiger partial charge in [0.15, 0.2) is 5.82 Å². The minimum absolute atomic E-state index is 0.0173. The van der Waals surface area contributed by atoms with E-state index in [1.165, 1.54) is 11.3 Å². The topological polar surface area (TPSA) is 47.5 Å². The van der Waals surface area contributed by atoms with Crippen LogP contribution in [0.15, 0.2) is 30.5 Å². The fourth-order valence-corrected chi connectivity index (χ4v) is 4.29. The van der Waals surface area contributed by atoms with E-state index >= 15 is 0 Å². The zero-order valence-electron chi connectivity index (χ0n) is 17.7. The van der Waals surface area contributed by atoms with Crippen LogP contribution in [0.3, 0.4) is 0 Å². The number of halogens is 3. The number of benzene rings is 1. The monoisotopic (exact) mass is 435 g/mol. The van der Waals surface area contributed by atoms with Gasteiger partial charge in [-0.1, -0.05) is 12.5 Å². The SMILES string of the molecule is CN(c1cccc(OC2CCCCC2)c1)c1nc(OC2CCCC2)ncc1C(F)(F)F. The highest BCUT2D eigenvalue weighted by Gasteiger charge is 2.37. The summed E-state index contributed by atoms with van der Waals surface area (Å²) >= 11 is 0. The van der Waals surface area contributed by atoms with Crippen LogP contribution in [0.1, 0.15) is 63.4 Å². The highest BCUT2D eigenvalue weighted by atomic mass is 19.4. The molecule has 0 unspecified atom stereocenters. The number of anilines is 2. The molecule has 0 radical (unpaired) electrons. The van der Waals surface area contributed by atoms with E-state index < -0.39 is 11.7 Å². The Kier molecular flexibility index (Phi) is 6.53. The molecule has 8 heteroatoms. The van der Waals surface area contributed by atoms with Crippen LogP contribution in [-0.2, 0) is 6.18 Å². The van der Waals surface area contributed by atoms with E-state index in [1.54, 1.807) is 25.2 Å². The lowest BCUT2D eigenvalue weighted by molar-refractivity contribution is -0.137. The molecule has 1 aromatic heterocycles. The fourth-order valence-electron chi connectivity index (χ4n) is 4.29. The molecule has 4 rings (SSSR count). The Bertz CT molecular complexity index is 879. The summed E-state index contributed by atoms with van der Waals surface area (Å²) in [4.78, 5) is 9.41. The van der Waals surface area contributed by atoms with E-state index in [9.17, 15) is 13.2 Å². The molecule has 2 aliphatic rings. The Balaban J connectivity index is 1.59. The lowest BCUT2D eigenvalue weighted by atomic mass is 9.98. The van der Waals surface area contributed by atoms with Gasteiger partial charge in [-0.2, -0.15) is 18.2 Å². The van der Waals surface area contributed by atoms with Crippen LogP contribution < -0.4 is 14.4 Å². The van der Waals surface area contributed by atoms with Gasteiger partial charge in [-0.25, -0.2) is 4.98 Å². The van der Waals surface area contributed by atoms with Gasteiger partial charge in [0.2, 0.25) is 0 Å².